The van der Waals surface area contributed by atoms with Gasteiger partial charge >= 0.3 is 0 Å². The Morgan fingerprint density at radius 2 is 2.35 bits per heavy atom. The number of nitrogen functional groups attached to an aromatic ring is 1. The van der Waals surface area contributed by atoms with Crippen LogP contribution < -0.4 is 15.8 Å². The number of nitrogens with one attached hydrogen (secondary N) is 1. The van der Waals surface area contributed by atoms with Gasteiger partial charge in [-0.25, -0.2) is 0 Å². The molecule has 0 spiro atoms. The Balaban J connectivity index is 1.75. The Morgan fingerprint density at radius 1 is 1.50 bits per heavy atom. The Bertz CT molecular complexity index is 518. The molecule has 5 heteroatoms. The fourth-order valence-corrected chi connectivity index (χ4v) is 3.07. The molecule has 2 aliphatic heterocycles. The normalized spacial score (nSPS) is 27.6. The zero-order valence-electron chi connectivity index (χ0n) is 11.6. The summed E-state index contributed by atoms with van der Waals surface area (Å²) < 4.78 is 11.3. The fraction of sp³-hybridized carbons (Fsp3) is 0.533. The number of hydrogen-bond acceptors (Lipinski definition) is 4. The van der Waals surface area contributed by atoms with Crippen LogP contribution in [0.1, 0.15) is 36.5 Å². The van der Waals surface area contributed by atoms with Crippen LogP contribution in [0.3, 0.4) is 0 Å². The first-order chi connectivity index (χ1) is 9.69. The molecule has 1 amide bonds. The zero-order chi connectivity index (χ0) is 14.1. The van der Waals surface area contributed by atoms with Crippen molar-refractivity contribution in [2.45, 2.75) is 44.4 Å². The van der Waals surface area contributed by atoms with E-state index in [2.05, 4.69) is 5.32 Å². The maximum Gasteiger partial charge on any atom is 0.255 e. The second-order valence-electron chi connectivity index (χ2n) is 5.35. The van der Waals surface area contributed by atoms with Crippen molar-refractivity contribution in [2.75, 3.05) is 12.3 Å². The van der Waals surface area contributed by atoms with E-state index in [1.54, 1.807) is 18.2 Å². The molecule has 3 unspecified atom stereocenters. The number of carbonyl (C=O) groups excluding carboxylic acids is 1. The van der Waals surface area contributed by atoms with E-state index < -0.39 is 0 Å². The second-order valence-corrected chi connectivity index (χ2v) is 5.35. The lowest BCUT2D eigenvalue weighted by Gasteiger charge is -2.21. The number of anilines is 1. The van der Waals surface area contributed by atoms with Crippen LogP contribution in [0, 0.1) is 0 Å². The summed E-state index contributed by atoms with van der Waals surface area (Å²) in [5.41, 5.74) is 6.87. The van der Waals surface area contributed by atoms with E-state index in [1.165, 1.54) is 0 Å². The van der Waals surface area contributed by atoms with Crippen LogP contribution in [0.4, 0.5) is 5.69 Å². The van der Waals surface area contributed by atoms with Crippen molar-refractivity contribution in [3.8, 4) is 5.75 Å². The van der Waals surface area contributed by atoms with E-state index in [0.717, 1.165) is 19.3 Å². The van der Waals surface area contributed by atoms with Crippen molar-refractivity contribution < 1.29 is 14.3 Å². The number of nitrogens with two attached hydrogens (primary N) is 1. The summed E-state index contributed by atoms with van der Waals surface area (Å²) in [5, 5.41) is 3.05. The van der Waals surface area contributed by atoms with Gasteiger partial charge in [-0.15, -0.1) is 0 Å². The Labute approximate surface area is 118 Å². The van der Waals surface area contributed by atoms with Crippen molar-refractivity contribution in [1.82, 2.24) is 5.32 Å². The van der Waals surface area contributed by atoms with Gasteiger partial charge in [0.1, 0.15) is 0 Å². The third kappa shape index (κ3) is 2.33. The number of para-hydroxylation sites is 1. The minimum absolute atomic E-state index is 0.108. The molecule has 2 fully saturated rings. The Hall–Kier alpha value is -1.75. The van der Waals surface area contributed by atoms with Crippen LogP contribution >= 0.6 is 0 Å². The molecule has 20 heavy (non-hydrogen) atoms. The van der Waals surface area contributed by atoms with Crippen molar-refractivity contribution in [1.29, 1.82) is 0 Å². The van der Waals surface area contributed by atoms with Gasteiger partial charge in [0.25, 0.3) is 5.91 Å². The van der Waals surface area contributed by atoms with Crippen molar-refractivity contribution >= 4 is 11.6 Å². The lowest BCUT2D eigenvalue weighted by Crippen LogP contribution is -2.41. The van der Waals surface area contributed by atoms with Crippen LogP contribution in [0.2, 0.25) is 0 Å². The largest absolute Gasteiger partial charge is 0.491 e. The molecular weight excluding hydrogens is 256 g/mol. The maximum atomic E-state index is 12.4. The van der Waals surface area contributed by atoms with Gasteiger partial charge in [-0.2, -0.15) is 0 Å². The number of carbonyl (C=O) groups is 1. The van der Waals surface area contributed by atoms with Gasteiger partial charge < -0.3 is 20.5 Å². The zero-order valence-corrected chi connectivity index (χ0v) is 11.6. The van der Waals surface area contributed by atoms with Gasteiger partial charge in [-0.05, 0) is 38.3 Å². The summed E-state index contributed by atoms with van der Waals surface area (Å²) in [5.74, 6) is 0.332. The topological polar surface area (TPSA) is 73.6 Å². The first-order valence-corrected chi connectivity index (χ1v) is 7.16. The quantitative estimate of drug-likeness (QED) is 0.821. The van der Waals surface area contributed by atoms with E-state index in [0.29, 0.717) is 29.7 Å². The first kappa shape index (κ1) is 13.2. The highest BCUT2D eigenvalue weighted by Crippen LogP contribution is 2.35. The summed E-state index contributed by atoms with van der Waals surface area (Å²) in [7, 11) is 0. The Morgan fingerprint density at radius 3 is 3.00 bits per heavy atom. The predicted molar refractivity (Wildman–Crippen MR) is 75.8 cm³/mol. The molecule has 3 rings (SSSR count). The fourth-order valence-electron chi connectivity index (χ4n) is 3.07. The monoisotopic (exact) mass is 276 g/mol. The summed E-state index contributed by atoms with van der Waals surface area (Å²) in [6, 6.07) is 5.36. The molecule has 0 aliphatic carbocycles. The summed E-state index contributed by atoms with van der Waals surface area (Å²) in [4.78, 5) is 12.4. The summed E-state index contributed by atoms with van der Waals surface area (Å²) >= 11 is 0. The molecule has 2 saturated heterocycles. The Kier molecular flexibility index (Phi) is 3.53. The minimum Gasteiger partial charge on any atom is -0.491 e. The third-order valence-corrected chi connectivity index (χ3v) is 4.00. The van der Waals surface area contributed by atoms with Gasteiger partial charge in [0.15, 0.2) is 5.75 Å². The lowest BCUT2D eigenvalue weighted by molar-refractivity contribution is 0.0838. The number of hydrogen-bond donors (Lipinski definition) is 2. The molecular formula is C15H20N2O3. The predicted octanol–water partition coefficient (Wildman–Crippen LogP) is 1.72. The highest BCUT2D eigenvalue weighted by atomic mass is 16.5. The molecule has 0 aromatic heterocycles. The second kappa shape index (κ2) is 5.32. The average molecular weight is 276 g/mol. The summed E-state index contributed by atoms with van der Waals surface area (Å²) in [6.07, 6.45) is 3.53. The number of benzene rings is 1. The number of ether oxygens (including phenoxy) is 2. The standard InChI is InChI=1S/C15H20N2O3/c1-2-19-14-10(4-3-5-11(14)16)15(18)17-12-8-9-6-7-13(12)20-9/h3-5,9,12-13H,2,6-8,16H2,1H3,(H,17,18). The summed E-state index contributed by atoms with van der Waals surface area (Å²) in [6.45, 7) is 2.35. The van der Waals surface area contributed by atoms with E-state index in [9.17, 15) is 4.79 Å². The third-order valence-electron chi connectivity index (χ3n) is 4.00. The molecule has 3 atom stereocenters. The lowest BCUT2D eigenvalue weighted by atomic mass is 9.95. The van der Waals surface area contributed by atoms with Crippen molar-refractivity contribution in [3.05, 3.63) is 23.8 Å². The molecule has 0 saturated carbocycles. The molecule has 108 valence electrons. The highest BCUT2D eigenvalue weighted by molar-refractivity contribution is 5.98. The molecule has 2 aliphatic rings. The number of rotatable bonds is 4. The van der Waals surface area contributed by atoms with Gasteiger partial charge in [0, 0.05) is 0 Å². The van der Waals surface area contributed by atoms with Crippen molar-refractivity contribution in [2.24, 2.45) is 0 Å². The van der Waals surface area contributed by atoms with E-state index in [-0.39, 0.29) is 18.1 Å². The highest BCUT2D eigenvalue weighted by Gasteiger charge is 2.41. The van der Waals surface area contributed by atoms with Crippen LogP contribution in [0.25, 0.3) is 0 Å². The smallest absolute Gasteiger partial charge is 0.255 e. The first-order valence-electron chi connectivity index (χ1n) is 7.16. The molecule has 1 aromatic rings. The number of amides is 1. The van der Waals surface area contributed by atoms with E-state index in [1.807, 2.05) is 6.92 Å². The maximum absolute atomic E-state index is 12.4. The van der Waals surface area contributed by atoms with E-state index in [4.69, 9.17) is 15.2 Å². The molecule has 3 N–H and O–H groups in total. The van der Waals surface area contributed by atoms with Gasteiger partial charge in [0.2, 0.25) is 0 Å². The van der Waals surface area contributed by atoms with Crippen LogP contribution in [-0.4, -0.2) is 30.8 Å². The van der Waals surface area contributed by atoms with Crippen molar-refractivity contribution in [3.63, 3.8) is 0 Å². The van der Waals surface area contributed by atoms with Gasteiger partial charge in [-0.3, -0.25) is 4.79 Å². The van der Waals surface area contributed by atoms with Crippen LogP contribution in [-0.2, 0) is 4.74 Å². The van der Waals surface area contributed by atoms with Gasteiger partial charge in [0.05, 0.1) is 36.1 Å². The van der Waals surface area contributed by atoms with E-state index >= 15 is 0 Å². The van der Waals surface area contributed by atoms with Gasteiger partial charge in [-0.1, -0.05) is 6.07 Å². The molecule has 1 aromatic carbocycles. The average Bonchev–Trinajstić information content (AvgIpc) is 3.03. The van der Waals surface area contributed by atoms with Crippen LogP contribution in [0.15, 0.2) is 18.2 Å². The molecule has 5 nitrogen and oxygen atoms in total. The molecule has 2 heterocycles. The molecule has 0 radical (unpaired) electrons. The SMILES string of the molecule is CCOc1c(N)cccc1C(=O)NC1CC2CCC1O2. The van der Waals surface area contributed by atoms with Crippen LogP contribution in [0.5, 0.6) is 5.75 Å². The minimum atomic E-state index is -0.137. The molecule has 2 bridgehead atoms. The number of fused-ring (bicyclic) bond motifs is 2.